The molecule has 15 nitrogen and oxygen atoms in total. The highest BCUT2D eigenvalue weighted by Crippen LogP contribution is 2.25. The minimum Gasteiger partial charge on any atom is -0.431 e. The molecule has 0 aliphatic heterocycles. The maximum atomic E-state index is 12.6. The van der Waals surface area contributed by atoms with Crippen molar-refractivity contribution < 1.29 is 72.3 Å². The number of allylic oxidation sites excluding steroid dienone is 6. The Bertz CT molecular complexity index is 1910. The largest absolute Gasteiger partial charge is 0.549 e. The van der Waals surface area contributed by atoms with Gasteiger partial charge in [0.25, 0.3) is 0 Å². The van der Waals surface area contributed by atoms with Crippen LogP contribution in [0.3, 0.4) is 0 Å². The average Bonchev–Trinajstić information content (AvgIpc) is 3.34. The van der Waals surface area contributed by atoms with Gasteiger partial charge < -0.3 is 14.2 Å². The van der Waals surface area contributed by atoms with Crippen LogP contribution in [0.25, 0.3) is 0 Å². The van der Waals surface area contributed by atoms with Crippen LogP contribution >= 0.6 is 0 Å². The number of ether oxygens (including phenoxy) is 3. The van der Waals surface area contributed by atoms with Gasteiger partial charge in [0.15, 0.2) is 0 Å². The van der Waals surface area contributed by atoms with Gasteiger partial charge in [0, 0.05) is 0 Å². The van der Waals surface area contributed by atoms with E-state index in [2.05, 4.69) is 89.1 Å². The molecular weight excluding hydrogens is 901 g/mol. The fraction of sp³-hybridized carbons (Fsp3) is 0.375. The highest BCUT2D eigenvalue weighted by atomic mass is 28.2. The van der Waals surface area contributed by atoms with Gasteiger partial charge in [-0.3, -0.25) is 0 Å². The number of carbonyl (C=O) groups is 6. The fourth-order valence-electron chi connectivity index (χ4n) is 5.71. The van der Waals surface area contributed by atoms with Crippen molar-refractivity contribution >= 4 is 80.5 Å². The summed E-state index contributed by atoms with van der Waals surface area (Å²) >= 11 is 0. The molecule has 0 fully saturated rings. The van der Waals surface area contributed by atoms with Crippen LogP contribution in [0, 0.1) is 5.41 Å². The van der Waals surface area contributed by atoms with Crippen LogP contribution in [0.1, 0.15) is 124 Å². The van der Waals surface area contributed by atoms with Crippen molar-refractivity contribution in [1.82, 2.24) is 0 Å². The zero-order valence-electron chi connectivity index (χ0n) is 38.4. The van der Waals surface area contributed by atoms with Crippen LogP contribution in [-0.2, 0) is 43.5 Å². The summed E-state index contributed by atoms with van der Waals surface area (Å²) in [6.07, 6.45) is 7.62. The Balaban J connectivity index is 1.62. The van der Waals surface area contributed by atoms with Gasteiger partial charge in [-0.1, -0.05) is 134 Å². The first-order valence-electron chi connectivity index (χ1n) is 21.7. The van der Waals surface area contributed by atoms with Crippen LogP contribution in [0.2, 0.25) is 0 Å². The summed E-state index contributed by atoms with van der Waals surface area (Å²) in [5.41, 5.74) is -1.19. The van der Waals surface area contributed by atoms with Gasteiger partial charge in [-0.15, -0.1) is 0 Å². The third-order valence-electron chi connectivity index (χ3n) is 9.57. The van der Waals surface area contributed by atoms with E-state index in [4.69, 9.17) is 14.2 Å². The molecule has 0 amide bonds. The molecule has 3 rings (SSSR count). The summed E-state index contributed by atoms with van der Waals surface area (Å²) in [7, 11) is 1.32. The molecule has 0 N–H and O–H groups in total. The molecule has 66 heavy (non-hydrogen) atoms. The Morgan fingerprint density at radius 1 is 0.409 bits per heavy atom. The van der Waals surface area contributed by atoms with Crippen LogP contribution in [0.5, 0.6) is 0 Å². The molecule has 18 heteroatoms. The monoisotopic (exact) mass is 956 g/mol. The third-order valence-corrected chi connectivity index (χ3v) is 14.1. The minimum atomic E-state index is -1.53. The van der Waals surface area contributed by atoms with Crippen molar-refractivity contribution in [3.63, 3.8) is 0 Å². The SMILES string of the molecule is CC/C=C(\CC)[Si]c1ccc(C(=O)OOC(=O)OCC(CC)(COC(=O)OOC(=O)c2ccc([Si]/C(=C/CC)CC)cc2)COC(=O)OOC(=O)c2ccc([Si]/C(=C/CC)CC)cc2)cc1. The van der Waals surface area contributed by atoms with E-state index >= 15 is 0 Å². The summed E-state index contributed by atoms with van der Waals surface area (Å²) in [5, 5.41) is 6.89. The fourth-order valence-corrected chi connectivity index (χ4v) is 9.28. The molecule has 0 atom stereocenters. The minimum absolute atomic E-state index is 0.000801. The smallest absolute Gasteiger partial charge is 0.431 e. The standard InChI is InChI=1S/C48H56O15Si3/c1-8-15-36(11-4)64-39-24-18-33(19-25-39)42(49)58-61-45(52)55-30-48(14-7,31-56-46(53)62-59-43(50)34-20-26-40(27-21-34)65-37(12-5)16-9-2)32-57-47(54)63-60-44(51)35-22-28-41(29-23-35)66-38(13-6)17-10-3/h15-29H,8-14,30-32H2,1-7H3/b36-15+,37-16+,38-17+. The van der Waals surface area contributed by atoms with E-state index in [1.807, 2.05) is 0 Å². The molecule has 0 saturated carbocycles. The van der Waals surface area contributed by atoms with Crippen molar-refractivity contribution in [2.45, 2.75) is 93.4 Å². The van der Waals surface area contributed by atoms with Gasteiger partial charge in [0.2, 0.25) is 0 Å². The Hall–Kier alpha value is -6.25. The van der Waals surface area contributed by atoms with E-state index in [9.17, 15) is 28.8 Å². The Kier molecular flexibility index (Phi) is 24.0. The normalized spacial score (nSPS) is 11.8. The topological polar surface area (TPSA) is 185 Å². The molecular formula is C48H56O15Si3. The van der Waals surface area contributed by atoms with E-state index in [0.717, 1.165) is 54.1 Å². The predicted molar refractivity (Wildman–Crippen MR) is 248 cm³/mol. The Labute approximate surface area is 393 Å². The summed E-state index contributed by atoms with van der Waals surface area (Å²) < 4.78 is 15.6. The first kappa shape index (κ1) is 54.1. The van der Waals surface area contributed by atoms with Gasteiger partial charge in [-0.05, 0) is 81.3 Å². The lowest BCUT2D eigenvalue weighted by molar-refractivity contribution is -0.217. The second-order valence-electron chi connectivity index (χ2n) is 14.4. The highest BCUT2D eigenvalue weighted by molar-refractivity contribution is 6.61. The van der Waals surface area contributed by atoms with E-state index in [1.165, 1.54) is 52.0 Å². The molecule has 0 spiro atoms. The Morgan fingerprint density at radius 2 is 0.667 bits per heavy atom. The van der Waals surface area contributed by atoms with Gasteiger partial charge in [0.1, 0.15) is 48.4 Å². The molecule has 0 aliphatic rings. The number of hydrogen-bond donors (Lipinski definition) is 0. The zero-order valence-corrected chi connectivity index (χ0v) is 41.4. The van der Waals surface area contributed by atoms with Crippen molar-refractivity contribution in [1.29, 1.82) is 0 Å². The van der Waals surface area contributed by atoms with Crippen LogP contribution in [0.15, 0.2) is 107 Å². The van der Waals surface area contributed by atoms with Gasteiger partial charge in [0.05, 0.1) is 22.1 Å². The van der Waals surface area contributed by atoms with Crippen LogP contribution in [0.4, 0.5) is 14.4 Å². The second-order valence-corrected chi connectivity index (χ2v) is 18.8. The zero-order chi connectivity index (χ0) is 48.3. The lowest BCUT2D eigenvalue weighted by Crippen LogP contribution is -2.39. The quantitative estimate of drug-likeness (QED) is 0.0308. The van der Waals surface area contributed by atoms with Crippen molar-refractivity contribution in [3.05, 3.63) is 123 Å². The lowest BCUT2D eigenvalue weighted by Gasteiger charge is -2.29. The molecule has 350 valence electrons. The second kappa shape index (κ2) is 29.3. The maximum Gasteiger partial charge on any atom is 0.549 e. The molecule has 0 heterocycles. The molecule has 3 aromatic carbocycles. The molecule has 0 bridgehead atoms. The van der Waals surface area contributed by atoms with Crippen molar-refractivity contribution in [2.24, 2.45) is 5.41 Å². The first-order valence-corrected chi connectivity index (χ1v) is 24.7. The predicted octanol–water partition coefficient (Wildman–Crippen LogP) is 8.26. The van der Waals surface area contributed by atoms with E-state index in [0.29, 0.717) is 28.6 Å². The molecule has 0 saturated heterocycles. The molecule has 0 aliphatic carbocycles. The van der Waals surface area contributed by atoms with E-state index in [1.54, 1.807) is 43.3 Å². The average molecular weight is 957 g/mol. The molecule has 0 aromatic heterocycles. The maximum absolute atomic E-state index is 12.6. The number of hydrogen-bond acceptors (Lipinski definition) is 15. The Morgan fingerprint density at radius 3 is 0.879 bits per heavy atom. The van der Waals surface area contributed by atoms with E-state index < -0.39 is 61.6 Å². The van der Waals surface area contributed by atoms with Gasteiger partial charge in [-0.25, -0.2) is 43.7 Å². The van der Waals surface area contributed by atoms with Crippen molar-refractivity contribution in [3.8, 4) is 0 Å². The first-order chi connectivity index (χ1) is 31.8. The van der Waals surface area contributed by atoms with E-state index in [-0.39, 0.29) is 23.1 Å². The molecule has 6 radical (unpaired) electrons. The van der Waals surface area contributed by atoms with Gasteiger partial charge >= 0.3 is 36.4 Å². The number of rotatable bonds is 22. The van der Waals surface area contributed by atoms with Gasteiger partial charge in [-0.2, -0.15) is 14.4 Å². The molecule has 3 aromatic rings. The molecule has 0 unspecified atom stereocenters. The summed E-state index contributed by atoms with van der Waals surface area (Å²) in [4.78, 5) is 104. The summed E-state index contributed by atoms with van der Waals surface area (Å²) in [5.74, 6) is -2.91. The summed E-state index contributed by atoms with van der Waals surface area (Å²) in [6.45, 7) is 12.1. The lowest BCUT2D eigenvalue weighted by atomic mass is 9.88. The van der Waals surface area contributed by atoms with Crippen molar-refractivity contribution in [2.75, 3.05) is 19.8 Å². The number of carbonyl (C=O) groups excluding carboxylic acids is 6. The third kappa shape index (κ3) is 19.1. The highest BCUT2D eigenvalue weighted by Gasteiger charge is 2.36. The summed E-state index contributed by atoms with van der Waals surface area (Å²) in [6, 6.07) is 19.9. The number of benzene rings is 3. The van der Waals surface area contributed by atoms with Crippen LogP contribution in [-0.4, -0.2) is 84.8 Å². The van der Waals surface area contributed by atoms with Crippen LogP contribution < -0.4 is 15.6 Å².